The Hall–Kier alpha value is -1.62. The minimum Gasteiger partial charge on any atom is -0.491 e. The van der Waals surface area contributed by atoms with Crippen molar-refractivity contribution in [1.82, 2.24) is 0 Å². The summed E-state index contributed by atoms with van der Waals surface area (Å²) in [6.07, 6.45) is 0. The maximum atomic E-state index is 10.6. The molecule has 0 unspecified atom stereocenters. The Balaban J connectivity index is 2.32. The molecule has 19 heavy (non-hydrogen) atoms. The Kier molecular flexibility index (Phi) is 5.76. The Bertz CT molecular complexity index is 564. The van der Waals surface area contributed by atoms with E-state index >= 15 is 0 Å². The Morgan fingerprint density at radius 2 is 2.05 bits per heavy atom. The molecule has 0 aliphatic rings. The van der Waals surface area contributed by atoms with Crippen LogP contribution in [0.4, 0.5) is 0 Å². The molecule has 7 heteroatoms. The van der Waals surface area contributed by atoms with Gasteiger partial charge < -0.3 is 9.47 Å². The highest BCUT2D eigenvalue weighted by Crippen LogP contribution is 2.18. The van der Waals surface area contributed by atoms with Gasteiger partial charge in [-0.3, -0.25) is 0 Å². The van der Waals surface area contributed by atoms with E-state index in [0.717, 1.165) is 5.56 Å². The smallest absolute Gasteiger partial charge is 0.211 e. The molecular weight excluding hydrogens is 268 g/mol. The molecule has 0 saturated carbocycles. The molecule has 0 bridgehead atoms. The third kappa shape index (κ3) is 6.20. The van der Waals surface area contributed by atoms with E-state index in [1.807, 2.05) is 13.0 Å². The van der Waals surface area contributed by atoms with Gasteiger partial charge in [0, 0.05) is 0 Å². The van der Waals surface area contributed by atoms with Gasteiger partial charge in [0.2, 0.25) is 10.0 Å². The average Bonchev–Trinajstić information content (AvgIpc) is 2.34. The van der Waals surface area contributed by atoms with Crippen LogP contribution in [0.2, 0.25) is 0 Å². The average molecular weight is 284 g/mol. The molecule has 1 rings (SSSR count). The minimum atomic E-state index is -3.48. The summed E-state index contributed by atoms with van der Waals surface area (Å²) >= 11 is 0. The van der Waals surface area contributed by atoms with Gasteiger partial charge in [0.25, 0.3) is 0 Å². The van der Waals surface area contributed by atoms with Gasteiger partial charge in [-0.05, 0) is 24.6 Å². The third-order valence-corrected chi connectivity index (χ3v) is 3.05. The molecule has 0 saturated heterocycles. The largest absolute Gasteiger partial charge is 0.491 e. The number of nitrogens with two attached hydrogens (primary N) is 1. The molecule has 1 aromatic carbocycles. The molecule has 0 radical (unpaired) electrons. The zero-order valence-corrected chi connectivity index (χ0v) is 11.4. The van der Waals surface area contributed by atoms with Crippen LogP contribution in [0, 0.1) is 18.3 Å². The van der Waals surface area contributed by atoms with Crippen molar-refractivity contribution < 1.29 is 17.9 Å². The fraction of sp³-hybridized carbons (Fsp3) is 0.417. The van der Waals surface area contributed by atoms with Crippen molar-refractivity contribution in [1.29, 1.82) is 5.26 Å². The highest BCUT2D eigenvalue weighted by atomic mass is 32.2. The van der Waals surface area contributed by atoms with Crippen LogP contribution in [0.15, 0.2) is 18.2 Å². The number of nitrogens with zero attached hydrogens (tertiary/aromatic N) is 1. The lowest BCUT2D eigenvalue weighted by Crippen LogP contribution is -2.21. The second-order valence-corrected chi connectivity index (χ2v) is 5.65. The van der Waals surface area contributed by atoms with Gasteiger partial charge in [-0.2, -0.15) is 5.26 Å². The van der Waals surface area contributed by atoms with Crippen LogP contribution >= 0.6 is 0 Å². The summed E-state index contributed by atoms with van der Waals surface area (Å²) in [7, 11) is -3.48. The number of benzene rings is 1. The number of sulfonamides is 1. The zero-order valence-electron chi connectivity index (χ0n) is 10.6. The molecule has 0 aromatic heterocycles. The highest BCUT2D eigenvalue weighted by molar-refractivity contribution is 7.89. The van der Waals surface area contributed by atoms with Crippen LogP contribution in [0.3, 0.4) is 0 Å². The molecular formula is C12H16N2O4S. The molecule has 0 fully saturated rings. The monoisotopic (exact) mass is 284 g/mol. The minimum absolute atomic E-state index is 0.0411. The van der Waals surface area contributed by atoms with E-state index in [2.05, 4.69) is 0 Å². The van der Waals surface area contributed by atoms with Crippen LogP contribution in [-0.4, -0.2) is 34.0 Å². The fourth-order valence-corrected chi connectivity index (χ4v) is 1.66. The van der Waals surface area contributed by atoms with Gasteiger partial charge in [0.1, 0.15) is 12.4 Å². The predicted octanol–water partition coefficient (Wildman–Crippen LogP) is 0.551. The predicted molar refractivity (Wildman–Crippen MR) is 70.2 cm³/mol. The molecule has 0 aliphatic carbocycles. The topological polar surface area (TPSA) is 102 Å². The van der Waals surface area contributed by atoms with Crippen LogP contribution in [-0.2, 0) is 14.8 Å². The summed E-state index contributed by atoms with van der Waals surface area (Å²) in [6, 6.07) is 7.20. The van der Waals surface area contributed by atoms with Crippen molar-refractivity contribution in [3.63, 3.8) is 0 Å². The molecule has 6 nitrogen and oxygen atoms in total. The number of nitriles is 1. The van der Waals surface area contributed by atoms with Crippen LogP contribution in [0.5, 0.6) is 5.75 Å². The first-order chi connectivity index (χ1) is 8.92. The molecule has 0 atom stereocenters. The number of hydrogen-bond donors (Lipinski definition) is 1. The zero-order chi connectivity index (χ0) is 14.3. The second-order valence-electron chi connectivity index (χ2n) is 3.92. The molecule has 104 valence electrons. The summed E-state index contributed by atoms with van der Waals surface area (Å²) < 4.78 is 31.8. The Labute approximate surface area is 112 Å². The summed E-state index contributed by atoms with van der Waals surface area (Å²) in [6.45, 7) is 2.45. The SMILES string of the molecule is Cc1ccc(C#N)cc1OCCOCCS(N)(=O)=O. The van der Waals surface area contributed by atoms with Crippen molar-refractivity contribution in [2.45, 2.75) is 6.92 Å². The normalized spacial score (nSPS) is 11.0. The lowest BCUT2D eigenvalue weighted by atomic mass is 10.1. The van der Waals surface area contributed by atoms with Crippen molar-refractivity contribution >= 4 is 10.0 Å². The van der Waals surface area contributed by atoms with Gasteiger partial charge in [-0.15, -0.1) is 0 Å². The van der Waals surface area contributed by atoms with Gasteiger partial charge >= 0.3 is 0 Å². The van der Waals surface area contributed by atoms with E-state index in [1.165, 1.54) is 0 Å². The van der Waals surface area contributed by atoms with E-state index < -0.39 is 10.0 Å². The highest BCUT2D eigenvalue weighted by Gasteiger charge is 2.03. The first-order valence-electron chi connectivity index (χ1n) is 5.64. The molecule has 0 heterocycles. The Morgan fingerprint density at radius 1 is 1.32 bits per heavy atom. The maximum absolute atomic E-state index is 10.6. The molecule has 1 aromatic rings. The third-order valence-electron chi connectivity index (χ3n) is 2.31. The van der Waals surface area contributed by atoms with E-state index in [-0.39, 0.29) is 25.6 Å². The van der Waals surface area contributed by atoms with Crippen molar-refractivity contribution in [2.24, 2.45) is 5.14 Å². The summed E-state index contributed by atoms with van der Waals surface area (Å²) in [5.74, 6) is 0.407. The van der Waals surface area contributed by atoms with E-state index in [4.69, 9.17) is 19.9 Å². The number of primary sulfonamides is 1. The molecule has 0 aliphatic heterocycles. The van der Waals surface area contributed by atoms with Crippen molar-refractivity contribution in [3.8, 4) is 11.8 Å². The summed E-state index contributed by atoms with van der Waals surface area (Å²) in [5, 5.41) is 13.6. The Morgan fingerprint density at radius 3 is 2.68 bits per heavy atom. The fourth-order valence-electron chi connectivity index (χ4n) is 1.31. The number of aryl methyl sites for hydroxylation is 1. The van der Waals surface area contributed by atoms with E-state index in [1.54, 1.807) is 18.2 Å². The molecule has 0 amide bonds. The quantitative estimate of drug-likeness (QED) is 0.737. The van der Waals surface area contributed by atoms with Crippen LogP contribution < -0.4 is 9.88 Å². The lowest BCUT2D eigenvalue weighted by molar-refractivity contribution is 0.111. The number of hydrogen-bond acceptors (Lipinski definition) is 5. The van der Waals surface area contributed by atoms with Crippen LogP contribution in [0.25, 0.3) is 0 Å². The standard InChI is InChI=1S/C12H16N2O4S/c1-10-2-3-11(9-13)8-12(10)18-5-4-17-6-7-19(14,15)16/h2-3,8H,4-7H2,1H3,(H2,14,15,16). The van der Waals surface area contributed by atoms with Gasteiger partial charge in [0.15, 0.2) is 0 Å². The number of rotatable bonds is 7. The van der Waals surface area contributed by atoms with Gasteiger partial charge in [0.05, 0.1) is 30.6 Å². The van der Waals surface area contributed by atoms with Gasteiger partial charge in [-0.25, -0.2) is 13.6 Å². The van der Waals surface area contributed by atoms with Crippen molar-refractivity contribution in [2.75, 3.05) is 25.6 Å². The van der Waals surface area contributed by atoms with E-state index in [0.29, 0.717) is 11.3 Å². The first-order valence-corrected chi connectivity index (χ1v) is 7.35. The van der Waals surface area contributed by atoms with Crippen LogP contribution in [0.1, 0.15) is 11.1 Å². The van der Waals surface area contributed by atoms with Crippen molar-refractivity contribution in [3.05, 3.63) is 29.3 Å². The van der Waals surface area contributed by atoms with E-state index in [9.17, 15) is 8.42 Å². The first kappa shape index (κ1) is 15.4. The maximum Gasteiger partial charge on any atom is 0.211 e. The van der Waals surface area contributed by atoms with Gasteiger partial charge in [-0.1, -0.05) is 6.07 Å². The molecule has 0 spiro atoms. The second kappa shape index (κ2) is 7.09. The number of ether oxygens (including phenoxy) is 2. The summed E-state index contributed by atoms with van der Waals surface area (Å²) in [5.41, 5.74) is 1.44. The summed E-state index contributed by atoms with van der Waals surface area (Å²) in [4.78, 5) is 0. The molecule has 2 N–H and O–H groups in total. The lowest BCUT2D eigenvalue weighted by Gasteiger charge is -2.09.